The van der Waals surface area contributed by atoms with Crippen molar-refractivity contribution in [3.8, 4) is 0 Å². The first-order valence-corrected chi connectivity index (χ1v) is 6.85. The lowest BCUT2D eigenvalue weighted by Crippen LogP contribution is -2.25. The second kappa shape index (κ2) is 4.49. The second-order valence-corrected chi connectivity index (χ2v) is 6.70. The van der Waals surface area contributed by atoms with Gasteiger partial charge in [0, 0.05) is 0 Å². The Morgan fingerprint density at radius 1 is 1.20 bits per heavy atom. The topological polar surface area (TPSA) is 0 Å². The van der Waals surface area contributed by atoms with Crippen molar-refractivity contribution in [2.24, 2.45) is 11.3 Å². The van der Waals surface area contributed by atoms with E-state index in [1.54, 1.807) is 5.57 Å². The summed E-state index contributed by atoms with van der Waals surface area (Å²) in [7, 11) is 0. The van der Waals surface area contributed by atoms with Crippen molar-refractivity contribution in [3.05, 3.63) is 11.6 Å². The van der Waals surface area contributed by atoms with Crippen LogP contribution < -0.4 is 0 Å². The third-order valence-corrected chi connectivity index (χ3v) is 4.24. The van der Waals surface area contributed by atoms with Crippen LogP contribution in [0.25, 0.3) is 0 Å². The maximum absolute atomic E-state index is 6.34. The van der Waals surface area contributed by atoms with E-state index in [1.807, 2.05) is 0 Å². The summed E-state index contributed by atoms with van der Waals surface area (Å²) in [5, 5.41) is 0.283. The van der Waals surface area contributed by atoms with E-state index in [0.717, 1.165) is 12.3 Å². The lowest BCUT2D eigenvalue weighted by atomic mass is 9.71. The summed E-state index contributed by atoms with van der Waals surface area (Å²) in [6, 6.07) is 0. The zero-order valence-electron chi connectivity index (χ0n) is 10.1. The van der Waals surface area contributed by atoms with Gasteiger partial charge in [0.25, 0.3) is 0 Å². The maximum Gasteiger partial charge on any atom is 0.0523 e. The van der Waals surface area contributed by atoms with Crippen LogP contribution in [0.3, 0.4) is 0 Å². The van der Waals surface area contributed by atoms with Gasteiger partial charge >= 0.3 is 0 Å². The van der Waals surface area contributed by atoms with Crippen LogP contribution in [-0.4, -0.2) is 5.38 Å². The Balaban J connectivity index is 2.07. The molecule has 0 spiro atoms. The predicted molar refractivity (Wildman–Crippen MR) is 67.3 cm³/mol. The molecule has 0 saturated heterocycles. The van der Waals surface area contributed by atoms with Gasteiger partial charge in [0.1, 0.15) is 0 Å². The van der Waals surface area contributed by atoms with Gasteiger partial charge in [-0.2, -0.15) is 0 Å². The Morgan fingerprint density at radius 3 is 2.47 bits per heavy atom. The van der Waals surface area contributed by atoms with Crippen molar-refractivity contribution in [2.75, 3.05) is 0 Å². The summed E-state index contributed by atoms with van der Waals surface area (Å²) < 4.78 is 0. The molecule has 1 fully saturated rings. The zero-order chi connectivity index (χ0) is 10.9. The molecule has 0 heterocycles. The number of hydrogen-bond acceptors (Lipinski definition) is 0. The van der Waals surface area contributed by atoms with Gasteiger partial charge in [-0.15, -0.1) is 11.6 Å². The average Bonchev–Trinajstić information content (AvgIpc) is 2.16. The molecule has 1 atom stereocenters. The van der Waals surface area contributed by atoms with E-state index in [4.69, 9.17) is 11.6 Å². The summed E-state index contributed by atoms with van der Waals surface area (Å²) in [5.41, 5.74) is 2.10. The summed E-state index contributed by atoms with van der Waals surface area (Å²) in [5.74, 6) is 0.861. The predicted octanol–water partition coefficient (Wildman–Crippen LogP) is 4.92. The largest absolute Gasteiger partial charge is 0.118 e. The van der Waals surface area contributed by atoms with E-state index < -0.39 is 0 Å². The van der Waals surface area contributed by atoms with Crippen LogP contribution in [0.5, 0.6) is 0 Å². The van der Waals surface area contributed by atoms with Crippen molar-refractivity contribution < 1.29 is 0 Å². The van der Waals surface area contributed by atoms with Gasteiger partial charge in [-0.1, -0.05) is 44.8 Å². The minimum atomic E-state index is 0.283. The number of alkyl halides is 1. The fraction of sp³-hybridized carbons (Fsp3) is 0.857. The van der Waals surface area contributed by atoms with E-state index in [1.165, 1.54) is 38.5 Å². The van der Waals surface area contributed by atoms with Gasteiger partial charge in [-0.25, -0.2) is 0 Å². The third-order valence-electron chi connectivity index (χ3n) is 3.95. The Morgan fingerprint density at radius 2 is 1.87 bits per heavy atom. The molecule has 1 unspecified atom stereocenters. The molecule has 2 aliphatic carbocycles. The molecule has 0 aromatic rings. The van der Waals surface area contributed by atoms with Crippen LogP contribution in [0.4, 0.5) is 0 Å². The molecule has 0 bridgehead atoms. The quantitative estimate of drug-likeness (QED) is 0.440. The third kappa shape index (κ3) is 3.00. The number of rotatable bonds is 1. The van der Waals surface area contributed by atoms with Crippen LogP contribution in [0, 0.1) is 11.3 Å². The van der Waals surface area contributed by atoms with Gasteiger partial charge < -0.3 is 0 Å². The van der Waals surface area contributed by atoms with Gasteiger partial charge in [0.15, 0.2) is 0 Å². The normalized spacial score (nSPS) is 32.5. The van der Waals surface area contributed by atoms with E-state index in [9.17, 15) is 0 Å². The Hall–Kier alpha value is 0.0300. The molecule has 0 radical (unpaired) electrons. The fourth-order valence-corrected chi connectivity index (χ4v) is 3.84. The van der Waals surface area contributed by atoms with E-state index >= 15 is 0 Å². The highest BCUT2D eigenvalue weighted by Gasteiger charge is 2.31. The van der Waals surface area contributed by atoms with Crippen LogP contribution >= 0.6 is 11.6 Å². The van der Waals surface area contributed by atoms with Crippen molar-refractivity contribution in [2.45, 2.75) is 64.2 Å². The molecular formula is C14H23Cl. The van der Waals surface area contributed by atoms with Crippen LogP contribution in [0.15, 0.2) is 11.6 Å². The highest BCUT2D eigenvalue weighted by Crippen LogP contribution is 2.43. The molecule has 86 valence electrons. The first kappa shape index (κ1) is 11.5. The minimum Gasteiger partial charge on any atom is -0.118 e. The van der Waals surface area contributed by atoms with Crippen LogP contribution in [-0.2, 0) is 0 Å². The van der Waals surface area contributed by atoms with Crippen molar-refractivity contribution >= 4 is 11.6 Å². The molecule has 2 aliphatic rings. The molecule has 0 N–H and O–H groups in total. The number of hydrogen-bond donors (Lipinski definition) is 0. The highest BCUT2D eigenvalue weighted by molar-refractivity contribution is 6.21. The van der Waals surface area contributed by atoms with Gasteiger partial charge in [-0.05, 0) is 37.0 Å². The molecular weight excluding hydrogens is 204 g/mol. The molecule has 1 heteroatoms. The molecule has 15 heavy (non-hydrogen) atoms. The average molecular weight is 227 g/mol. The number of halogens is 1. The Labute approximate surface area is 99.1 Å². The fourth-order valence-electron chi connectivity index (χ4n) is 3.26. The minimum absolute atomic E-state index is 0.283. The molecule has 0 aromatic carbocycles. The summed E-state index contributed by atoms with van der Waals surface area (Å²) in [6.07, 6.45) is 11.9. The van der Waals surface area contributed by atoms with Gasteiger partial charge in [-0.3, -0.25) is 0 Å². The molecule has 0 amide bonds. The molecule has 0 aliphatic heterocycles. The summed E-state index contributed by atoms with van der Waals surface area (Å²) in [6.45, 7) is 4.72. The van der Waals surface area contributed by atoms with Gasteiger partial charge in [0.2, 0.25) is 0 Å². The molecule has 0 nitrogen and oxygen atoms in total. The van der Waals surface area contributed by atoms with E-state index in [2.05, 4.69) is 19.9 Å². The Kier molecular flexibility index (Phi) is 3.45. The first-order chi connectivity index (χ1) is 7.07. The highest BCUT2D eigenvalue weighted by atomic mass is 35.5. The summed E-state index contributed by atoms with van der Waals surface area (Å²) >= 11 is 6.34. The van der Waals surface area contributed by atoms with Crippen molar-refractivity contribution in [1.29, 1.82) is 0 Å². The first-order valence-electron chi connectivity index (χ1n) is 6.41. The van der Waals surface area contributed by atoms with E-state index in [0.29, 0.717) is 5.41 Å². The SMILES string of the molecule is CC1(C)CC(C2CCCCC2)=CC(Cl)C1. The lowest BCUT2D eigenvalue weighted by molar-refractivity contribution is 0.288. The van der Waals surface area contributed by atoms with E-state index in [-0.39, 0.29) is 5.38 Å². The molecule has 0 aromatic heterocycles. The standard InChI is InChI=1S/C14H23Cl/c1-14(2)9-12(8-13(15)10-14)11-6-4-3-5-7-11/h8,11,13H,3-7,9-10H2,1-2H3. The van der Waals surface area contributed by atoms with Gasteiger partial charge in [0.05, 0.1) is 5.38 Å². The monoisotopic (exact) mass is 226 g/mol. The van der Waals surface area contributed by atoms with Crippen LogP contribution in [0.2, 0.25) is 0 Å². The van der Waals surface area contributed by atoms with Crippen molar-refractivity contribution in [1.82, 2.24) is 0 Å². The molecule has 1 saturated carbocycles. The van der Waals surface area contributed by atoms with Crippen LogP contribution in [0.1, 0.15) is 58.8 Å². The Bertz CT molecular complexity index is 246. The zero-order valence-corrected chi connectivity index (χ0v) is 10.8. The number of allylic oxidation sites excluding steroid dienone is 2. The second-order valence-electron chi connectivity index (χ2n) is 6.14. The molecule has 2 rings (SSSR count). The van der Waals surface area contributed by atoms with Crippen molar-refractivity contribution in [3.63, 3.8) is 0 Å². The summed E-state index contributed by atoms with van der Waals surface area (Å²) in [4.78, 5) is 0. The lowest BCUT2D eigenvalue weighted by Gasteiger charge is -2.36. The smallest absolute Gasteiger partial charge is 0.0523 e. The maximum atomic E-state index is 6.34.